The molecule has 2 nitrogen and oxygen atoms in total. The lowest BCUT2D eigenvalue weighted by Gasteiger charge is -2.37. The number of hydrogen-bond acceptors (Lipinski definition) is 2. The normalized spacial score (nSPS) is 17.9. The Kier molecular flexibility index (Phi) is 5.50. The van der Waals surface area contributed by atoms with Gasteiger partial charge in [0, 0.05) is 5.41 Å². The van der Waals surface area contributed by atoms with Crippen LogP contribution in [0.5, 0.6) is 0 Å². The molecule has 1 aliphatic carbocycles. The van der Waals surface area contributed by atoms with Crippen LogP contribution in [0.2, 0.25) is 0 Å². The molecule has 41 heavy (non-hydrogen) atoms. The highest BCUT2D eigenvalue weighted by Gasteiger charge is 2.52. The molecule has 0 unspecified atom stereocenters. The maximum Gasteiger partial charge on any atom is 0.0884 e. The quantitative estimate of drug-likeness (QED) is 0.223. The topological polar surface area (TPSA) is 40.5 Å². The average Bonchev–Trinajstić information content (AvgIpc) is 3.23. The zero-order valence-corrected chi connectivity index (χ0v) is 22.7. The second-order valence-electron chi connectivity index (χ2n) is 11.6. The molecule has 2 atom stereocenters. The molecule has 1 aliphatic rings. The van der Waals surface area contributed by atoms with Crippen molar-refractivity contribution in [1.82, 2.24) is 0 Å². The molecule has 0 amide bonds. The van der Waals surface area contributed by atoms with E-state index in [1.54, 1.807) is 0 Å². The predicted molar refractivity (Wildman–Crippen MR) is 169 cm³/mol. The van der Waals surface area contributed by atoms with Crippen LogP contribution in [0.15, 0.2) is 133 Å². The monoisotopic (exact) mass is 530 g/mol. The van der Waals surface area contributed by atoms with Gasteiger partial charge in [0.25, 0.3) is 0 Å². The third-order valence-electron chi connectivity index (χ3n) is 9.42. The zero-order chi connectivity index (χ0) is 27.6. The van der Waals surface area contributed by atoms with Crippen LogP contribution in [0, 0.1) is 5.41 Å². The average molecular weight is 531 g/mol. The zero-order valence-electron chi connectivity index (χ0n) is 22.7. The smallest absolute Gasteiger partial charge is 0.0884 e. The van der Waals surface area contributed by atoms with Gasteiger partial charge in [-0.3, -0.25) is 0 Å². The van der Waals surface area contributed by atoms with Gasteiger partial charge in [0.1, 0.15) is 0 Å². The highest BCUT2D eigenvalue weighted by Crippen LogP contribution is 2.57. The van der Waals surface area contributed by atoms with Crippen molar-refractivity contribution in [2.24, 2.45) is 5.41 Å². The Morgan fingerprint density at radius 2 is 0.756 bits per heavy atom. The van der Waals surface area contributed by atoms with Crippen molar-refractivity contribution in [3.05, 3.63) is 156 Å². The molecule has 2 N–H and O–H groups in total. The van der Waals surface area contributed by atoms with Crippen LogP contribution in [0.1, 0.15) is 34.5 Å². The minimum Gasteiger partial charge on any atom is -0.388 e. The Bertz CT molecular complexity index is 1960. The summed E-state index contributed by atoms with van der Waals surface area (Å²) in [6.45, 7) is 0. The summed E-state index contributed by atoms with van der Waals surface area (Å²) in [5, 5.41) is 33.9. The fourth-order valence-corrected chi connectivity index (χ4v) is 7.49. The van der Waals surface area contributed by atoms with Gasteiger partial charge in [-0.15, -0.1) is 0 Å². The predicted octanol–water partition coefficient (Wildman–Crippen LogP) is 8.85. The number of rotatable bonds is 4. The number of aliphatic hydroxyl groups is 2. The number of fused-ring (bicyclic) bond motifs is 7. The van der Waals surface area contributed by atoms with Crippen LogP contribution in [-0.2, 0) is 12.8 Å². The van der Waals surface area contributed by atoms with Gasteiger partial charge in [-0.25, -0.2) is 0 Å². The number of hydrogen-bond donors (Lipinski definition) is 2. The summed E-state index contributed by atoms with van der Waals surface area (Å²) in [6.07, 6.45) is -0.555. The van der Waals surface area contributed by atoms with E-state index < -0.39 is 17.6 Å². The van der Waals surface area contributed by atoms with Crippen LogP contribution in [0.3, 0.4) is 0 Å². The fraction of sp³-hybridized carbons (Fsp3) is 0.128. The molecule has 0 saturated heterocycles. The van der Waals surface area contributed by atoms with E-state index in [4.69, 9.17) is 0 Å². The minimum absolute atomic E-state index is 0.538. The summed E-state index contributed by atoms with van der Waals surface area (Å²) in [5.41, 5.74) is 3.11. The van der Waals surface area contributed by atoms with Gasteiger partial charge in [0.2, 0.25) is 0 Å². The van der Waals surface area contributed by atoms with E-state index in [-0.39, 0.29) is 0 Å². The van der Waals surface area contributed by atoms with E-state index in [9.17, 15) is 10.2 Å². The molecule has 0 bridgehead atoms. The van der Waals surface area contributed by atoms with Gasteiger partial charge in [-0.05, 0) is 78.2 Å². The van der Waals surface area contributed by atoms with E-state index in [2.05, 4.69) is 109 Å². The Labute approximate surface area is 239 Å². The second kappa shape index (κ2) is 9.27. The van der Waals surface area contributed by atoms with Crippen LogP contribution < -0.4 is 0 Å². The van der Waals surface area contributed by atoms with Gasteiger partial charge in [0.05, 0.1) is 12.2 Å². The standard InChI is InChI=1S/C39H30O2/c40-37-35-19-9-10-20-36(35)38(41)39(37,23-27-21-25-11-1-3-13-29(25)33-17-7-5-15-31(27)33)24-28-22-26-12-2-4-14-30(26)34-18-8-6-16-32(28)34/h1-22,37-38,40-41H,23-24H2/t37-,38-/m1/s1. The van der Waals surface area contributed by atoms with E-state index in [0.29, 0.717) is 12.8 Å². The summed E-state index contributed by atoms with van der Waals surface area (Å²) >= 11 is 0. The third-order valence-corrected chi connectivity index (χ3v) is 9.42. The molecular weight excluding hydrogens is 500 g/mol. The Morgan fingerprint density at radius 3 is 1.20 bits per heavy atom. The van der Waals surface area contributed by atoms with Gasteiger partial charge >= 0.3 is 0 Å². The van der Waals surface area contributed by atoms with Crippen LogP contribution in [-0.4, -0.2) is 10.2 Å². The van der Waals surface area contributed by atoms with E-state index >= 15 is 0 Å². The van der Waals surface area contributed by atoms with Gasteiger partial charge < -0.3 is 10.2 Å². The molecule has 0 fully saturated rings. The molecule has 0 aromatic heterocycles. The lowest BCUT2D eigenvalue weighted by Crippen LogP contribution is -2.35. The summed E-state index contributed by atoms with van der Waals surface area (Å²) in [5.74, 6) is 0. The minimum atomic E-state index is -0.847. The molecule has 0 spiro atoms. The third kappa shape index (κ3) is 3.65. The summed E-state index contributed by atoms with van der Waals surface area (Å²) in [4.78, 5) is 0. The van der Waals surface area contributed by atoms with E-state index in [0.717, 1.165) is 22.3 Å². The molecule has 7 aromatic carbocycles. The van der Waals surface area contributed by atoms with Crippen molar-refractivity contribution < 1.29 is 10.2 Å². The lowest BCUT2D eigenvalue weighted by molar-refractivity contribution is -0.0532. The molecule has 0 saturated carbocycles. The van der Waals surface area contributed by atoms with Crippen molar-refractivity contribution in [2.45, 2.75) is 25.0 Å². The first-order valence-electron chi connectivity index (χ1n) is 14.4. The number of benzene rings is 7. The lowest BCUT2D eigenvalue weighted by atomic mass is 9.69. The van der Waals surface area contributed by atoms with Crippen LogP contribution >= 0.6 is 0 Å². The summed E-state index contributed by atoms with van der Waals surface area (Å²) < 4.78 is 0. The van der Waals surface area contributed by atoms with Crippen molar-refractivity contribution in [1.29, 1.82) is 0 Å². The molecule has 0 heterocycles. The Balaban J connectivity index is 1.37. The molecule has 8 rings (SSSR count). The Hall–Kier alpha value is -4.50. The first-order valence-corrected chi connectivity index (χ1v) is 14.4. The van der Waals surface area contributed by atoms with Crippen molar-refractivity contribution in [3.8, 4) is 0 Å². The maximum atomic E-state index is 12.2. The molecule has 7 aromatic rings. The highest BCUT2D eigenvalue weighted by atomic mass is 16.3. The van der Waals surface area contributed by atoms with Crippen molar-refractivity contribution in [2.75, 3.05) is 0 Å². The molecule has 2 heteroatoms. The molecule has 0 radical (unpaired) electrons. The molecular formula is C39H30O2. The summed E-state index contributed by atoms with van der Waals surface area (Å²) in [6, 6.07) is 46.4. The maximum absolute atomic E-state index is 12.2. The fourth-order valence-electron chi connectivity index (χ4n) is 7.49. The van der Waals surface area contributed by atoms with E-state index in [1.165, 1.54) is 43.1 Å². The largest absolute Gasteiger partial charge is 0.388 e. The molecule has 198 valence electrons. The van der Waals surface area contributed by atoms with Gasteiger partial charge in [-0.1, -0.05) is 133 Å². The SMILES string of the molecule is O[C@@H]1c2ccccc2[C@@H](O)C1(Cc1cc2ccccc2c2ccccc12)Cc1cc2ccccc2c2ccccc12. The highest BCUT2D eigenvalue weighted by molar-refractivity contribution is 6.10. The summed E-state index contributed by atoms with van der Waals surface area (Å²) in [7, 11) is 0. The number of aliphatic hydroxyl groups excluding tert-OH is 2. The van der Waals surface area contributed by atoms with Crippen molar-refractivity contribution in [3.63, 3.8) is 0 Å². The van der Waals surface area contributed by atoms with Crippen LogP contribution in [0.4, 0.5) is 0 Å². The first-order chi connectivity index (χ1) is 20.1. The van der Waals surface area contributed by atoms with Crippen molar-refractivity contribution >= 4 is 43.1 Å². The van der Waals surface area contributed by atoms with E-state index in [1.807, 2.05) is 24.3 Å². The van der Waals surface area contributed by atoms with Gasteiger partial charge in [0.15, 0.2) is 0 Å². The first kappa shape index (κ1) is 24.3. The van der Waals surface area contributed by atoms with Gasteiger partial charge in [-0.2, -0.15) is 0 Å². The van der Waals surface area contributed by atoms with Crippen LogP contribution in [0.25, 0.3) is 43.1 Å². The second-order valence-corrected chi connectivity index (χ2v) is 11.6. The Morgan fingerprint density at radius 1 is 0.415 bits per heavy atom. The molecule has 0 aliphatic heterocycles.